The van der Waals surface area contributed by atoms with Gasteiger partial charge in [-0.2, -0.15) is 0 Å². The summed E-state index contributed by atoms with van der Waals surface area (Å²) in [6, 6.07) is 9.56. The molecule has 0 N–H and O–H groups in total. The fraction of sp³-hybridized carbons (Fsp3) is 0.250. The largest absolute Gasteiger partial charge is 0.493 e. The predicted octanol–water partition coefficient (Wildman–Crippen LogP) is 2.90. The van der Waals surface area contributed by atoms with Gasteiger partial charge in [-0.15, -0.1) is 0 Å². The molecule has 1 aromatic carbocycles. The molecule has 0 spiro atoms. The van der Waals surface area contributed by atoms with E-state index >= 15 is 0 Å². The van der Waals surface area contributed by atoms with Gasteiger partial charge >= 0.3 is 0 Å². The second-order valence-electron chi connectivity index (χ2n) is 3.08. The van der Waals surface area contributed by atoms with E-state index in [-0.39, 0.29) is 5.12 Å². The Morgan fingerprint density at radius 3 is 2.67 bits per heavy atom. The van der Waals surface area contributed by atoms with Gasteiger partial charge in [-0.05, 0) is 24.6 Å². The first kappa shape index (κ1) is 11.9. The maximum Gasteiger partial charge on any atom is 0.214 e. The van der Waals surface area contributed by atoms with Crippen molar-refractivity contribution in [2.24, 2.45) is 0 Å². The van der Waals surface area contributed by atoms with E-state index in [9.17, 15) is 4.79 Å². The van der Waals surface area contributed by atoms with Crippen molar-refractivity contribution >= 4 is 16.9 Å². The molecule has 0 fully saturated rings. The summed E-state index contributed by atoms with van der Waals surface area (Å²) in [5.41, 5.74) is 0.583. The number of rotatable bonds is 5. The third-order valence-corrected chi connectivity index (χ3v) is 2.66. The van der Waals surface area contributed by atoms with Gasteiger partial charge in [0.1, 0.15) is 5.75 Å². The molecule has 0 aliphatic carbocycles. The molecule has 0 atom stereocenters. The molecule has 1 rings (SSSR count). The molecule has 0 bridgehead atoms. The molecular weight excluding hydrogens is 208 g/mol. The SMILES string of the molecule is C=C(C)C(=O)SCCOc1ccccc1. The summed E-state index contributed by atoms with van der Waals surface area (Å²) in [4.78, 5) is 11.2. The maximum absolute atomic E-state index is 11.2. The van der Waals surface area contributed by atoms with Crippen molar-refractivity contribution in [3.63, 3.8) is 0 Å². The average Bonchev–Trinajstić information content (AvgIpc) is 2.25. The highest BCUT2D eigenvalue weighted by Crippen LogP contribution is 2.11. The first-order valence-electron chi connectivity index (χ1n) is 4.70. The quantitative estimate of drug-likeness (QED) is 0.566. The second-order valence-corrected chi connectivity index (χ2v) is 4.15. The standard InChI is InChI=1S/C12H14O2S/c1-10(2)12(13)15-9-8-14-11-6-4-3-5-7-11/h3-7H,1,8-9H2,2H3. The van der Waals surface area contributed by atoms with Crippen LogP contribution < -0.4 is 4.74 Å². The first-order valence-corrected chi connectivity index (χ1v) is 5.69. The second kappa shape index (κ2) is 6.30. The summed E-state index contributed by atoms with van der Waals surface area (Å²) < 4.78 is 5.43. The van der Waals surface area contributed by atoms with Crippen LogP contribution in [0.4, 0.5) is 0 Å². The minimum absolute atomic E-state index is 0.0339. The van der Waals surface area contributed by atoms with Crippen LogP contribution in [0.3, 0.4) is 0 Å². The number of para-hydroxylation sites is 1. The molecule has 0 unspecified atom stereocenters. The van der Waals surface area contributed by atoms with Crippen LogP contribution in [-0.4, -0.2) is 17.5 Å². The molecule has 1 aromatic rings. The van der Waals surface area contributed by atoms with Gasteiger partial charge in [0.25, 0.3) is 0 Å². The molecule has 0 saturated heterocycles. The Morgan fingerprint density at radius 1 is 1.40 bits per heavy atom. The third kappa shape index (κ3) is 4.70. The van der Waals surface area contributed by atoms with Crippen LogP contribution in [0, 0.1) is 0 Å². The van der Waals surface area contributed by atoms with Crippen LogP contribution in [-0.2, 0) is 4.79 Å². The lowest BCUT2D eigenvalue weighted by Gasteiger charge is -2.04. The number of ether oxygens (including phenoxy) is 1. The van der Waals surface area contributed by atoms with E-state index in [0.29, 0.717) is 17.9 Å². The lowest BCUT2D eigenvalue weighted by atomic mass is 10.3. The minimum Gasteiger partial charge on any atom is -0.493 e. The van der Waals surface area contributed by atoms with E-state index in [4.69, 9.17) is 4.74 Å². The van der Waals surface area contributed by atoms with Crippen LogP contribution >= 0.6 is 11.8 Å². The van der Waals surface area contributed by atoms with Crippen molar-refractivity contribution in [3.05, 3.63) is 42.5 Å². The van der Waals surface area contributed by atoms with E-state index in [1.54, 1.807) is 6.92 Å². The Kier molecular flexibility index (Phi) is 4.98. The van der Waals surface area contributed by atoms with Crippen molar-refractivity contribution in [2.45, 2.75) is 6.92 Å². The molecular formula is C12H14O2S. The van der Waals surface area contributed by atoms with Crippen molar-refractivity contribution in [3.8, 4) is 5.75 Å². The van der Waals surface area contributed by atoms with Gasteiger partial charge in [0.2, 0.25) is 5.12 Å². The Bertz CT molecular complexity index is 333. The fourth-order valence-electron chi connectivity index (χ4n) is 0.934. The Hall–Kier alpha value is -1.22. The minimum atomic E-state index is 0.0339. The van der Waals surface area contributed by atoms with Gasteiger partial charge in [0, 0.05) is 5.75 Å². The molecule has 0 radical (unpaired) electrons. The monoisotopic (exact) mass is 222 g/mol. The van der Waals surface area contributed by atoms with Crippen LogP contribution in [0.5, 0.6) is 5.75 Å². The van der Waals surface area contributed by atoms with Crippen LogP contribution in [0.25, 0.3) is 0 Å². The number of carbonyl (C=O) groups is 1. The zero-order chi connectivity index (χ0) is 11.1. The molecule has 0 aromatic heterocycles. The number of hydrogen-bond acceptors (Lipinski definition) is 3. The Balaban J connectivity index is 2.18. The Morgan fingerprint density at radius 2 is 2.07 bits per heavy atom. The first-order chi connectivity index (χ1) is 7.20. The van der Waals surface area contributed by atoms with E-state index in [2.05, 4.69) is 6.58 Å². The molecule has 0 aliphatic heterocycles. The van der Waals surface area contributed by atoms with E-state index in [1.807, 2.05) is 30.3 Å². The highest BCUT2D eigenvalue weighted by molar-refractivity contribution is 8.14. The van der Waals surface area contributed by atoms with Crippen LogP contribution in [0.15, 0.2) is 42.5 Å². The van der Waals surface area contributed by atoms with Gasteiger partial charge in [0.15, 0.2) is 0 Å². The third-order valence-electron chi connectivity index (χ3n) is 1.68. The molecule has 15 heavy (non-hydrogen) atoms. The van der Waals surface area contributed by atoms with Gasteiger partial charge < -0.3 is 4.74 Å². The summed E-state index contributed by atoms with van der Waals surface area (Å²) in [7, 11) is 0. The molecule has 0 aliphatic rings. The topological polar surface area (TPSA) is 26.3 Å². The average molecular weight is 222 g/mol. The molecule has 80 valence electrons. The van der Waals surface area contributed by atoms with Crippen LogP contribution in [0.1, 0.15) is 6.92 Å². The fourth-order valence-corrected chi connectivity index (χ4v) is 1.53. The predicted molar refractivity (Wildman–Crippen MR) is 64.2 cm³/mol. The molecule has 0 saturated carbocycles. The summed E-state index contributed by atoms with van der Waals surface area (Å²) in [6.45, 7) is 5.83. The lowest BCUT2D eigenvalue weighted by Crippen LogP contribution is -2.03. The zero-order valence-electron chi connectivity index (χ0n) is 8.73. The summed E-state index contributed by atoms with van der Waals surface area (Å²) in [6.07, 6.45) is 0. The van der Waals surface area contributed by atoms with Gasteiger partial charge in [-0.25, -0.2) is 0 Å². The molecule has 0 amide bonds. The molecule has 2 nitrogen and oxygen atoms in total. The number of benzene rings is 1. The summed E-state index contributed by atoms with van der Waals surface area (Å²) >= 11 is 1.24. The Labute approximate surface area is 94.3 Å². The van der Waals surface area contributed by atoms with Crippen molar-refractivity contribution < 1.29 is 9.53 Å². The lowest BCUT2D eigenvalue weighted by molar-refractivity contribution is -0.107. The summed E-state index contributed by atoms with van der Waals surface area (Å²) in [5, 5.41) is 0.0339. The van der Waals surface area contributed by atoms with Gasteiger partial charge in [-0.1, -0.05) is 36.5 Å². The van der Waals surface area contributed by atoms with Gasteiger partial charge in [-0.3, -0.25) is 4.79 Å². The van der Waals surface area contributed by atoms with Crippen LogP contribution in [0.2, 0.25) is 0 Å². The van der Waals surface area contributed by atoms with E-state index in [1.165, 1.54) is 11.8 Å². The number of thioether (sulfide) groups is 1. The number of hydrogen-bond donors (Lipinski definition) is 0. The van der Waals surface area contributed by atoms with E-state index in [0.717, 1.165) is 5.75 Å². The molecule has 0 heterocycles. The van der Waals surface area contributed by atoms with Crippen molar-refractivity contribution in [1.82, 2.24) is 0 Å². The van der Waals surface area contributed by atoms with Gasteiger partial charge in [0.05, 0.1) is 6.61 Å². The number of carbonyl (C=O) groups excluding carboxylic acids is 1. The molecule has 3 heteroatoms. The highest BCUT2D eigenvalue weighted by atomic mass is 32.2. The smallest absolute Gasteiger partial charge is 0.214 e. The maximum atomic E-state index is 11.2. The van der Waals surface area contributed by atoms with Crippen molar-refractivity contribution in [2.75, 3.05) is 12.4 Å². The van der Waals surface area contributed by atoms with E-state index < -0.39 is 0 Å². The van der Waals surface area contributed by atoms with Crippen molar-refractivity contribution in [1.29, 1.82) is 0 Å². The summed E-state index contributed by atoms with van der Waals surface area (Å²) in [5.74, 6) is 1.49. The normalized spacial score (nSPS) is 9.67. The zero-order valence-corrected chi connectivity index (χ0v) is 9.55. The highest BCUT2D eigenvalue weighted by Gasteiger charge is 2.02.